The van der Waals surface area contributed by atoms with Crippen molar-refractivity contribution in [1.29, 1.82) is 0 Å². The van der Waals surface area contributed by atoms with E-state index in [1.165, 1.54) is 95.6 Å². The summed E-state index contributed by atoms with van der Waals surface area (Å²) in [6.07, 6.45) is 20.6. The molecule has 0 amide bonds. The van der Waals surface area contributed by atoms with Gasteiger partial charge in [-0.3, -0.25) is 4.99 Å². The first kappa shape index (κ1) is 32.0. The summed E-state index contributed by atoms with van der Waals surface area (Å²) < 4.78 is 6.49. The maximum Gasteiger partial charge on any atom is 0.155 e. The monoisotopic (exact) mass is 569 g/mol. The van der Waals surface area contributed by atoms with E-state index in [1.807, 2.05) is 0 Å². The SMILES string of the molecule is CCCCCCCCCCCCCCCCC(C)N=c1cc2oc3cc(N(CC)CC)ccc3nc-2c2ccccc12. The van der Waals surface area contributed by atoms with Gasteiger partial charge in [-0.1, -0.05) is 121 Å². The van der Waals surface area contributed by atoms with Crippen LogP contribution in [0.1, 0.15) is 124 Å². The quantitative estimate of drug-likeness (QED) is 0.0640. The molecule has 42 heavy (non-hydrogen) atoms. The fourth-order valence-corrected chi connectivity index (χ4v) is 6.25. The summed E-state index contributed by atoms with van der Waals surface area (Å²) in [5, 5.41) is 3.27. The van der Waals surface area contributed by atoms with Crippen LogP contribution in [0.15, 0.2) is 57.9 Å². The maximum absolute atomic E-state index is 6.49. The molecule has 1 atom stereocenters. The Morgan fingerprint density at radius 2 is 1.31 bits per heavy atom. The Bertz CT molecular complexity index is 1390. The van der Waals surface area contributed by atoms with Crippen molar-refractivity contribution in [1.82, 2.24) is 4.98 Å². The Morgan fingerprint density at radius 3 is 1.93 bits per heavy atom. The normalized spacial score (nSPS) is 13.0. The van der Waals surface area contributed by atoms with Crippen molar-refractivity contribution < 1.29 is 4.42 Å². The van der Waals surface area contributed by atoms with Gasteiger partial charge in [-0.25, -0.2) is 4.98 Å². The molecule has 0 bridgehead atoms. The van der Waals surface area contributed by atoms with Crippen LogP contribution in [0.25, 0.3) is 33.3 Å². The lowest BCUT2D eigenvalue weighted by Crippen LogP contribution is -2.21. The van der Waals surface area contributed by atoms with Gasteiger partial charge in [0, 0.05) is 47.7 Å². The van der Waals surface area contributed by atoms with Gasteiger partial charge in [-0.05, 0) is 39.3 Å². The summed E-state index contributed by atoms with van der Waals surface area (Å²) in [7, 11) is 0. The van der Waals surface area contributed by atoms with Crippen LogP contribution < -0.4 is 10.3 Å². The molecule has 2 aliphatic rings. The second-order valence-electron chi connectivity index (χ2n) is 12.2. The number of benzene rings is 3. The summed E-state index contributed by atoms with van der Waals surface area (Å²) in [5.41, 5.74) is 3.79. The smallest absolute Gasteiger partial charge is 0.155 e. The lowest BCUT2D eigenvalue weighted by molar-refractivity contribution is 0.522. The molecule has 0 saturated carbocycles. The minimum Gasteiger partial charge on any atom is -0.453 e. The molecule has 0 radical (unpaired) electrons. The number of rotatable bonds is 19. The summed E-state index contributed by atoms with van der Waals surface area (Å²) in [6, 6.07) is 17.2. The first-order valence-electron chi connectivity index (χ1n) is 17.2. The molecular weight excluding hydrogens is 514 g/mol. The molecule has 0 N–H and O–H groups in total. The highest BCUT2D eigenvalue weighted by atomic mass is 16.3. The third kappa shape index (κ3) is 9.06. The van der Waals surface area contributed by atoms with E-state index in [4.69, 9.17) is 14.4 Å². The molecule has 4 rings (SSSR count). The third-order valence-electron chi connectivity index (χ3n) is 8.82. The molecule has 0 aromatic heterocycles. The predicted molar refractivity (Wildman–Crippen MR) is 182 cm³/mol. The van der Waals surface area contributed by atoms with Crippen LogP contribution in [-0.4, -0.2) is 24.1 Å². The van der Waals surface area contributed by atoms with Crippen molar-refractivity contribution in [2.45, 2.75) is 130 Å². The largest absolute Gasteiger partial charge is 0.453 e. The molecule has 1 unspecified atom stereocenters. The second-order valence-corrected chi connectivity index (χ2v) is 12.2. The average molecular weight is 570 g/mol. The Kier molecular flexibility index (Phi) is 13.2. The molecule has 2 aromatic rings. The van der Waals surface area contributed by atoms with Crippen molar-refractivity contribution in [2.75, 3.05) is 18.0 Å². The van der Waals surface area contributed by atoms with Gasteiger partial charge in [-0.2, -0.15) is 0 Å². The van der Waals surface area contributed by atoms with E-state index < -0.39 is 0 Å². The number of hydrogen-bond donors (Lipinski definition) is 0. The van der Waals surface area contributed by atoms with E-state index in [1.54, 1.807) is 0 Å². The molecule has 4 heteroatoms. The molecule has 0 fully saturated rings. The summed E-state index contributed by atoms with van der Waals surface area (Å²) >= 11 is 0. The number of nitrogens with zero attached hydrogens (tertiary/aromatic N) is 3. The van der Waals surface area contributed by atoms with Crippen molar-refractivity contribution in [3.8, 4) is 11.5 Å². The van der Waals surface area contributed by atoms with E-state index in [9.17, 15) is 0 Å². The highest BCUT2D eigenvalue weighted by Crippen LogP contribution is 2.31. The first-order valence-corrected chi connectivity index (χ1v) is 17.2. The molecule has 2 aromatic carbocycles. The van der Waals surface area contributed by atoms with E-state index in [2.05, 4.69) is 81.1 Å². The van der Waals surface area contributed by atoms with Crippen molar-refractivity contribution in [2.24, 2.45) is 4.99 Å². The number of aromatic nitrogens is 1. The Labute approximate surface area is 255 Å². The van der Waals surface area contributed by atoms with E-state index in [-0.39, 0.29) is 6.04 Å². The van der Waals surface area contributed by atoms with E-state index in [0.717, 1.165) is 58.2 Å². The molecule has 0 spiro atoms. The van der Waals surface area contributed by atoms with Crippen molar-refractivity contribution in [3.05, 3.63) is 53.9 Å². The number of hydrogen-bond acceptors (Lipinski definition) is 4. The minimum absolute atomic E-state index is 0.283. The van der Waals surface area contributed by atoms with Gasteiger partial charge in [0.2, 0.25) is 0 Å². The fraction of sp³-hybridized carbons (Fsp3) is 0.579. The second kappa shape index (κ2) is 17.3. The van der Waals surface area contributed by atoms with Crippen LogP contribution in [0, 0.1) is 0 Å². The summed E-state index contributed by atoms with van der Waals surface area (Å²) in [5.74, 6) is 0.806. The minimum atomic E-state index is 0.283. The number of unbranched alkanes of at least 4 members (excludes halogenated alkanes) is 13. The lowest BCUT2D eigenvalue weighted by Gasteiger charge is -2.21. The Hall–Kier alpha value is -2.88. The van der Waals surface area contributed by atoms with Crippen LogP contribution in [-0.2, 0) is 0 Å². The zero-order chi connectivity index (χ0) is 29.6. The first-order chi connectivity index (χ1) is 20.6. The summed E-state index contributed by atoms with van der Waals surface area (Å²) in [4.78, 5) is 12.6. The zero-order valence-electron chi connectivity index (χ0n) is 27.0. The van der Waals surface area contributed by atoms with Crippen LogP contribution in [0.4, 0.5) is 5.69 Å². The summed E-state index contributed by atoms with van der Waals surface area (Å²) in [6.45, 7) is 10.9. The maximum atomic E-state index is 6.49. The van der Waals surface area contributed by atoms with Gasteiger partial charge in [0.1, 0.15) is 11.2 Å². The van der Waals surface area contributed by atoms with Crippen LogP contribution >= 0.6 is 0 Å². The van der Waals surface area contributed by atoms with Crippen LogP contribution in [0.5, 0.6) is 0 Å². The van der Waals surface area contributed by atoms with Gasteiger partial charge in [-0.15, -0.1) is 0 Å². The zero-order valence-corrected chi connectivity index (χ0v) is 27.0. The van der Waals surface area contributed by atoms with Crippen molar-refractivity contribution >= 4 is 27.6 Å². The molecule has 0 saturated heterocycles. The fourth-order valence-electron chi connectivity index (χ4n) is 6.25. The number of fused-ring (bicyclic) bond motifs is 4. The molecule has 1 heterocycles. The highest BCUT2D eigenvalue weighted by Gasteiger charge is 2.16. The van der Waals surface area contributed by atoms with Gasteiger partial charge in [0.25, 0.3) is 0 Å². The molecular formula is C38H55N3O. The molecule has 228 valence electrons. The van der Waals surface area contributed by atoms with Gasteiger partial charge >= 0.3 is 0 Å². The van der Waals surface area contributed by atoms with Crippen LogP contribution in [0.2, 0.25) is 0 Å². The van der Waals surface area contributed by atoms with E-state index >= 15 is 0 Å². The Morgan fingerprint density at radius 1 is 0.714 bits per heavy atom. The Balaban J connectivity index is 1.32. The average Bonchev–Trinajstić information content (AvgIpc) is 3.01. The van der Waals surface area contributed by atoms with E-state index in [0.29, 0.717) is 0 Å². The molecule has 1 aliphatic heterocycles. The van der Waals surface area contributed by atoms with Crippen LogP contribution in [0.3, 0.4) is 0 Å². The molecule has 4 nitrogen and oxygen atoms in total. The standard InChI is InChI=1S/C38H55N3O/c1-5-8-9-10-11-12-13-14-15-16-17-18-19-20-23-30(4)39-35-29-37-38(33-25-22-21-24-32(33)35)40-34-27-26-31(28-36(34)42-37)41(6-2)7-3/h21-22,24-30H,5-20,23H2,1-4H3. The highest BCUT2D eigenvalue weighted by molar-refractivity contribution is 5.96. The van der Waals surface area contributed by atoms with Crippen molar-refractivity contribution in [3.63, 3.8) is 0 Å². The predicted octanol–water partition coefficient (Wildman–Crippen LogP) is 11.1. The number of anilines is 1. The lowest BCUT2D eigenvalue weighted by atomic mass is 10.0. The third-order valence-corrected chi connectivity index (χ3v) is 8.82. The van der Waals surface area contributed by atoms with Gasteiger partial charge < -0.3 is 9.32 Å². The van der Waals surface area contributed by atoms with Gasteiger partial charge in [0.05, 0.1) is 5.36 Å². The van der Waals surface area contributed by atoms with Gasteiger partial charge in [0.15, 0.2) is 11.3 Å². The topological polar surface area (TPSA) is 41.6 Å². The molecule has 1 aliphatic carbocycles.